The Hall–Kier alpha value is -2.32. The topological polar surface area (TPSA) is 70.0 Å². The Kier molecular flexibility index (Phi) is 4.63. The first-order chi connectivity index (χ1) is 12.8. The molecule has 0 saturated heterocycles. The molecule has 10 heteroatoms. The molecule has 0 spiro atoms. The molecule has 0 radical (unpaired) electrons. The van der Waals surface area contributed by atoms with E-state index in [1.165, 1.54) is 38.2 Å². The number of allylic oxidation sites excluding steroid dienone is 2. The zero-order valence-corrected chi connectivity index (χ0v) is 16.0. The first kappa shape index (κ1) is 20.4. The van der Waals surface area contributed by atoms with Crippen molar-refractivity contribution in [2.75, 3.05) is 7.05 Å². The molecule has 2 unspecified atom stereocenters. The number of carbonyl (C=O) groups excluding carboxylic acids is 1. The summed E-state index contributed by atoms with van der Waals surface area (Å²) in [5.41, 5.74) is -1.18. The van der Waals surface area contributed by atoms with E-state index < -0.39 is 33.5 Å². The number of nitrogens with zero attached hydrogens (tertiary/aromatic N) is 2. The van der Waals surface area contributed by atoms with Crippen LogP contribution in [0.3, 0.4) is 0 Å². The summed E-state index contributed by atoms with van der Waals surface area (Å²) in [5.74, 6) is -2.13. The Morgan fingerprint density at radius 1 is 1.18 bits per heavy atom. The van der Waals surface area contributed by atoms with E-state index in [-0.39, 0.29) is 22.5 Å². The molecule has 0 fully saturated rings. The van der Waals surface area contributed by atoms with Crippen LogP contribution < -0.4 is 0 Å². The number of hydrogen-bond acceptors (Lipinski definition) is 4. The average molecular weight is 433 g/mol. The number of carbonyl (C=O) groups is 2. The second-order valence-corrected chi connectivity index (χ2v) is 7.91. The fourth-order valence-electron chi connectivity index (χ4n) is 3.02. The molecule has 148 valence electrons. The Morgan fingerprint density at radius 2 is 1.79 bits per heavy atom. The van der Waals surface area contributed by atoms with Crippen LogP contribution in [0.4, 0.5) is 13.2 Å². The van der Waals surface area contributed by atoms with Crippen molar-refractivity contribution in [2.24, 2.45) is 4.99 Å². The van der Waals surface area contributed by atoms with Gasteiger partial charge in [0.25, 0.3) is 0 Å². The predicted molar refractivity (Wildman–Crippen MR) is 98.0 cm³/mol. The Bertz CT molecular complexity index is 983. The molecular weight excluding hydrogens is 420 g/mol. The number of amidine groups is 1. The molecule has 0 aromatic heterocycles. The second-order valence-electron chi connectivity index (χ2n) is 6.54. The molecule has 0 saturated carbocycles. The fraction of sp³-hybridized carbons (Fsp3) is 0.278. The van der Waals surface area contributed by atoms with Crippen LogP contribution in [-0.2, 0) is 0 Å². The lowest BCUT2D eigenvalue weighted by Gasteiger charge is -2.32. The summed E-state index contributed by atoms with van der Waals surface area (Å²) < 4.78 is 39.5. The SMILES string of the molecule is CN1C2=NC(C(F)(F)F)=CC(C)(Cl)C2=CC1(Cl)C(=O)c1cccc(C(=O)O)c1. The van der Waals surface area contributed by atoms with Gasteiger partial charge in [0, 0.05) is 18.2 Å². The third kappa shape index (κ3) is 3.20. The van der Waals surface area contributed by atoms with Crippen LogP contribution >= 0.6 is 23.2 Å². The number of aromatic carboxylic acids is 1. The number of fused-ring (bicyclic) bond motifs is 1. The molecule has 0 amide bonds. The number of aliphatic imine (C=N–C) groups is 1. The summed E-state index contributed by atoms with van der Waals surface area (Å²) in [5, 5.41) is 9.10. The van der Waals surface area contributed by atoms with Gasteiger partial charge in [-0.15, -0.1) is 11.6 Å². The zero-order chi connectivity index (χ0) is 21.1. The standard InChI is InChI=1S/C18H13Cl2F3N2O3/c1-16(19)8-12(18(21,22)23)24-14-11(16)7-17(20,25(14)2)13(26)9-4-3-5-10(6-9)15(27)28/h3-8H,1-2H3,(H,27,28). The maximum Gasteiger partial charge on any atom is 0.433 e. The fourth-order valence-corrected chi connectivity index (χ4v) is 3.56. The number of ketones is 1. The number of benzene rings is 1. The van der Waals surface area contributed by atoms with Crippen molar-refractivity contribution < 1.29 is 27.9 Å². The predicted octanol–water partition coefficient (Wildman–Crippen LogP) is 4.23. The Balaban J connectivity index is 2.08. The average Bonchev–Trinajstić information content (AvgIpc) is 2.87. The van der Waals surface area contributed by atoms with Gasteiger partial charge < -0.3 is 10.0 Å². The Morgan fingerprint density at radius 3 is 2.36 bits per heavy atom. The second kappa shape index (κ2) is 6.35. The van der Waals surface area contributed by atoms with Crippen LogP contribution in [0.5, 0.6) is 0 Å². The van der Waals surface area contributed by atoms with Crippen LogP contribution in [0.25, 0.3) is 0 Å². The monoisotopic (exact) mass is 432 g/mol. The molecule has 3 rings (SSSR count). The minimum atomic E-state index is -4.73. The maximum atomic E-state index is 13.2. The molecule has 1 aromatic rings. The van der Waals surface area contributed by atoms with E-state index in [4.69, 9.17) is 28.3 Å². The van der Waals surface area contributed by atoms with Crippen molar-refractivity contribution >= 4 is 40.8 Å². The van der Waals surface area contributed by atoms with Crippen molar-refractivity contribution in [1.82, 2.24) is 4.90 Å². The molecule has 1 aromatic carbocycles. The van der Waals surface area contributed by atoms with E-state index in [0.29, 0.717) is 0 Å². The quantitative estimate of drug-likeness (QED) is 0.440. The van der Waals surface area contributed by atoms with E-state index in [0.717, 1.165) is 17.0 Å². The van der Waals surface area contributed by atoms with Gasteiger partial charge in [-0.1, -0.05) is 23.7 Å². The number of hydrogen-bond donors (Lipinski definition) is 1. The highest BCUT2D eigenvalue weighted by atomic mass is 35.5. The lowest BCUT2D eigenvalue weighted by atomic mass is 9.94. The van der Waals surface area contributed by atoms with Crippen LogP contribution in [0.2, 0.25) is 0 Å². The molecule has 2 heterocycles. The largest absolute Gasteiger partial charge is 0.478 e. The minimum Gasteiger partial charge on any atom is -0.478 e. The van der Waals surface area contributed by atoms with Gasteiger partial charge in [0.15, 0.2) is 5.00 Å². The molecular formula is C18H13Cl2F3N2O3. The summed E-state index contributed by atoms with van der Waals surface area (Å²) in [7, 11) is 1.32. The molecule has 2 atom stereocenters. The van der Waals surface area contributed by atoms with E-state index in [1.54, 1.807) is 0 Å². The van der Waals surface area contributed by atoms with Crippen LogP contribution in [-0.4, -0.2) is 50.7 Å². The van der Waals surface area contributed by atoms with Crippen LogP contribution in [0, 0.1) is 0 Å². The van der Waals surface area contributed by atoms with Gasteiger partial charge >= 0.3 is 12.1 Å². The van der Waals surface area contributed by atoms with Crippen molar-refractivity contribution in [3.63, 3.8) is 0 Å². The lowest BCUT2D eigenvalue weighted by molar-refractivity contribution is -0.0929. The smallest absolute Gasteiger partial charge is 0.433 e. The summed E-state index contributed by atoms with van der Waals surface area (Å²) in [6.45, 7) is 1.34. The highest BCUT2D eigenvalue weighted by Crippen LogP contribution is 2.46. The first-order valence-electron chi connectivity index (χ1n) is 7.89. The van der Waals surface area contributed by atoms with E-state index in [2.05, 4.69) is 4.99 Å². The van der Waals surface area contributed by atoms with E-state index in [1.807, 2.05) is 0 Å². The van der Waals surface area contributed by atoms with Gasteiger partial charge in [-0.2, -0.15) is 13.2 Å². The molecule has 1 N–H and O–H groups in total. The number of rotatable bonds is 3. The van der Waals surface area contributed by atoms with E-state index in [9.17, 15) is 22.8 Å². The van der Waals surface area contributed by atoms with Crippen molar-refractivity contribution in [2.45, 2.75) is 23.0 Å². The van der Waals surface area contributed by atoms with Crippen molar-refractivity contribution in [3.8, 4) is 0 Å². The van der Waals surface area contributed by atoms with Gasteiger partial charge in [0.1, 0.15) is 11.5 Å². The van der Waals surface area contributed by atoms with Crippen LogP contribution in [0.15, 0.2) is 52.7 Å². The normalized spacial score (nSPS) is 27.0. The first-order valence-corrected chi connectivity index (χ1v) is 8.65. The molecule has 2 aliphatic heterocycles. The number of alkyl halides is 5. The van der Waals surface area contributed by atoms with E-state index >= 15 is 0 Å². The summed E-state index contributed by atoms with van der Waals surface area (Å²) >= 11 is 12.8. The zero-order valence-electron chi connectivity index (χ0n) is 14.5. The third-order valence-electron chi connectivity index (χ3n) is 4.52. The van der Waals surface area contributed by atoms with Crippen molar-refractivity contribution in [1.29, 1.82) is 0 Å². The molecule has 0 bridgehead atoms. The number of likely N-dealkylation sites (N-methyl/N-ethyl adjacent to an activating group) is 1. The highest BCUT2D eigenvalue weighted by molar-refractivity contribution is 6.43. The van der Waals surface area contributed by atoms with Gasteiger partial charge in [0.2, 0.25) is 5.78 Å². The van der Waals surface area contributed by atoms with Gasteiger partial charge in [-0.3, -0.25) is 4.79 Å². The number of Topliss-reactive ketones (excluding diaryl/α,β-unsaturated/α-hetero) is 1. The number of carboxylic acids is 1. The van der Waals surface area contributed by atoms with Gasteiger partial charge in [-0.25, -0.2) is 9.79 Å². The van der Waals surface area contributed by atoms with Gasteiger partial charge in [-0.05, 0) is 31.2 Å². The van der Waals surface area contributed by atoms with Gasteiger partial charge in [0.05, 0.1) is 10.4 Å². The number of halogens is 5. The molecule has 28 heavy (non-hydrogen) atoms. The lowest BCUT2D eigenvalue weighted by Crippen LogP contribution is -2.46. The molecule has 5 nitrogen and oxygen atoms in total. The minimum absolute atomic E-state index is 0.0156. The summed E-state index contributed by atoms with van der Waals surface area (Å²) in [6.07, 6.45) is -2.72. The number of carboxylic acid groups (broad SMARTS) is 1. The Labute approximate surface area is 167 Å². The maximum absolute atomic E-state index is 13.2. The summed E-state index contributed by atoms with van der Waals surface area (Å²) in [6, 6.07) is 5.19. The summed E-state index contributed by atoms with van der Waals surface area (Å²) in [4.78, 5) is 25.4. The highest BCUT2D eigenvalue weighted by Gasteiger charge is 2.53. The molecule has 0 aliphatic carbocycles. The molecule has 2 aliphatic rings. The van der Waals surface area contributed by atoms with Crippen molar-refractivity contribution in [3.05, 3.63) is 58.8 Å². The van der Waals surface area contributed by atoms with Crippen LogP contribution in [0.1, 0.15) is 27.6 Å². The third-order valence-corrected chi connectivity index (χ3v) is 5.37.